The fourth-order valence-electron chi connectivity index (χ4n) is 5.50. The maximum Gasteiger partial charge on any atom is 0.126 e. The van der Waals surface area contributed by atoms with Crippen molar-refractivity contribution in [2.24, 2.45) is 0 Å². The Labute approximate surface area is 196 Å². The van der Waals surface area contributed by atoms with E-state index in [4.69, 9.17) is 0 Å². The first-order valence-electron chi connectivity index (χ1n) is 11.2. The Hall–Kier alpha value is -1.73. The predicted molar refractivity (Wildman–Crippen MR) is 154 cm³/mol. The molecular formula is C27H45NSi3. The molecule has 0 radical (unpaired) electrons. The first kappa shape index (κ1) is 29.3. The first-order chi connectivity index (χ1) is 14.9. The quantitative estimate of drug-likeness (QED) is 0.120. The predicted octanol–water partition coefficient (Wildman–Crippen LogP) is 8.80. The summed E-state index contributed by atoms with van der Waals surface area (Å²) in [6.45, 7) is 37.6. The zero-order valence-corrected chi connectivity index (χ0v) is 22.9. The third-order valence-corrected chi connectivity index (χ3v) is 27.0. The molecule has 170 valence electrons. The molecule has 0 N–H and O–H groups in total. The highest BCUT2D eigenvalue weighted by atomic mass is 28.5. The van der Waals surface area contributed by atoms with Crippen molar-refractivity contribution in [1.29, 1.82) is 0 Å². The van der Waals surface area contributed by atoms with Crippen molar-refractivity contribution in [3.8, 4) is 0 Å². The highest BCUT2D eigenvalue weighted by Crippen LogP contribution is 2.45. The highest BCUT2D eigenvalue weighted by molar-refractivity contribution is 7.07. The molecule has 0 aliphatic heterocycles. The van der Waals surface area contributed by atoms with Crippen LogP contribution in [0.2, 0.25) is 54.4 Å². The topological polar surface area (TPSA) is 3.24 Å². The van der Waals surface area contributed by atoms with E-state index in [0.29, 0.717) is 0 Å². The Morgan fingerprint density at radius 1 is 0.323 bits per heavy atom. The number of allylic oxidation sites excluding steroid dienone is 9. The maximum atomic E-state index is 4.18. The standard InChI is InChI=1S/C27H45NSi3/c1-10-19-29(20-11-2,21-12-3)28(30(22-13-4,23-14-5)24-15-6)31(25-16-7,26-17-8)27-18-9/h10-18H,1-9,19-27H2. The lowest BCUT2D eigenvalue weighted by molar-refractivity contribution is 0.814. The molecule has 0 saturated heterocycles. The summed E-state index contributed by atoms with van der Waals surface area (Å²) in [5.74, 6) is 0. The Morgan fingerprint density at radius 2 is 0.452 bits per heavy atom. The molecule has 4 heteroatoms. The molecule has 0 fully saturated rings. The minimum Gasteiger partial charge on any atom is -0.365 e. The lowest BCUT2D eigenvalue weighted by Crippen LogP contribution is -2.76. The molecule has 0 amide bonds. The number of hydrogen-bond donors (Lipinski definition) is 0. The van der Waals surface area contributed by atoms with Gasteiger partial charge in [-0.05, 0) is 54.4 Å². The first-order valence-corrected chi connectivity index (χ1v) is 18.9. The minimum atomic E-state index is -2.10. The third-order valence-electron chi connectivity index (χ3n) is 6.14. The highest BCUT2D eigenvalue weighted by Gasteiger charge is 2.56. The molecule has 31 heavy (non-hydrogen) atoms. The van der Waals surface area contributed by atoms with Gasteiger partial charge in [0.1, 0.15) is 24.7 Å². The van der Waals surface area contributed by atoms with Gasteiger partial charge in [0.15, 0.2) is 0 Å². The second-order valence-electron chi connectivity index (χ2n) is 8.44. The van der Waals surface area contributed by atoms with E-state index in [2.05, 4.69) is 118 Å². The largest absolute Gasteiger partial charge is 0.365 e. The lowest BCUT2D eigenvalue weighted by atomic mass is 10.7. The van der Waals surface area contributed by atoms with Gasteiger partial charge in [-0.2, -0.15) is 0 Å². The Morgan fingerprint density at radius 3 is 0.548 bits per heavy atom. The number of rotatable bonds is 21. The Balaban J connectivity index is 7.61. The van der Waals surface area contributed by atoms with E-state index in [-0.39, 0.29) is 0 Å². The molecule has 0 atom stereocenters. The van der Waals surface area contributed by atoms with Crippen LogP contribution in [0.15, 0.2) is 114 Å². The molecule has 0 aliphatic rings. The molecule has 0 rings (SSSR count). The van der Waals surface area contributed by atoms with Gasteiger partial charge in [-0.3, -0.25) is 0 Å². The molecule has 1 nitrogen and oxygen atoms in total. The van der Waals surface area contributed by atoms with E-state index >= 15 is 0 Å². The molecule has 0 spiro atoms. The van der Waals surface area contributed by atoms with Crippen LogP contribution in [0.4, 0.5) is 0 Å². The molecule has 0 aromatic heterocycles. The zero-order chi connectivity index (χ0) is 23.8. The van der Waals surface area contributed by atoms with Crippen molar-refractivity contribution in [1.82, 2.24) is 3.90 Å². The molecule has 0 heterocycles. The molecule has 0 aromatic rings. The molecule has 0 bridgehead atoms. The van der Waals surface area contributed by atoms with Crippen LogP contribution < -0.4 is 0 Å². The lowest BCUT2D eigenvalue weighted by Gasteiger charge is -2.61. The fraction of sp³-hybridized carbons (Fsp3) is 0.333. The number of nitrogens with zero attached hydrogens (tertiary/aromatic N) is 1. The molecular weight excluding hydrogens is 423 g/mol. The molecule has 0 aromatic carbocycles. The van der Waals surface area contributed by atoms with Gasteiger partial charge in [-0.1, -0.05) is 54.7 Å². The van der Waals surface area contributed by atoms with E-state index in [1.54, 1.807) is 0 Å². The third kappa shape index (κ3) is 7.14. The number of hydrogen-bond acceptors (Lipinski definition) is 1. The van der Waals surface area contributed by atoms with Crippen molar-refractivity contribution < 1.29 is 0 Å². The molecule has 0 aliphatic carbocycles. The van der Waals surface area contributed by atoms with Gasteiger partial charge in [0.05, 0.1) is 0 Å². The molecule has 0 saturated carbocycles. The van der Waals surface area contributed by atoms with Crippen LogP contribution in [0.3, 0.4) is 0 Å². The van der Waals surface area contributed by atoms with Gasteiger partial charge in [0, 0.05) is 0 Å². The van der Waals surface area contributed by atoms with Gasteiger partial charge < -0.3 is 3.90 Å². The summed E-state index contributed by atoms with van der Waals surface area (Å²) in [6, 6.07) is 9.05. The Kier molecular flexibility index (Phi) is 14.3. The second kappa shape index (κ2) is 15.1. The second-order valence-corrected chi connectivity index (χ2v) is 22.1. The van der Waals surface area contributed by atoms with E-state index in [9.17, 15) is 0 Å². The average Bonchev–Trinajstić information content (AvgIpc) is 2.70. The Bertz CT molecular complexity index is 491. The van der Waals surface area contributed by atoms with Crippen molar-refractivity contribution in [2.75, 3.05) is 0 Å². The summed E-state index contributed by atoms with van der Waals surface area (Å²) in [5, 5.41) is 0. The van der Waals surface area contributed by atoms with Crippen molar-refractivity contribution in [2.45, 2.75) is 54.4 Å². The van der Waals surface area contributed by atoms with E-state index in [1.165, 1.54) is 0 Å². The summed E-state index contributed by atoms with van der Waals surface area (Å²) < 4.78 is 3.12. The summed E-state index contributed by atoms with van der Waals surface area (Å²) in [6.07, 6.45) is 19.1. The minimum absolute atomic E-state index is 1.01. The van der Waals surface area contributed by atoms with Crippen LogP contribution in [0.5, 0.6) is 0 Å². The summed E-state index contributed by atoms with van der Waals surface area (Å²) in [5.41, 5.74) is 0. The van der Waals surface area contributed by atoms with Gasteiger partial charge in [0.2, 0.25) is 0 Å². The average molecular weight is 468 g/mol. The van der Waals surface area contributed by atoms with Crippen LogP contribution >= 0.6 is 0 Å². The van der Waals surface area contributed by atoms with Gasteiger partial charge in [-0.15, -0.1) is 59.2 Å². The summed E-state index contributed by atoms with van der Waals surface area (Å²) in [7, 11) is -6.31. The maximum absolute atomic E-state index is 4.18. The van der Waals surface area contributed by atoms with Crippen LogP contribution in [0.1, 0.15) is 0 Å². The van der Waals surface area contributed by atoms with E-state index in [0.717, 1.165) is 54.4 Å². The monoisotopic (exact) mass is 467 g/mol. The van der Waals surface area contributed by atoms with Crippen LogP contribution in [0.25, 0.3) is 0 Å². The summed E-state index contributed by atoms with van der Waals surface area (Å²) in [4.78, 5) is 0. The van der Waals surface area contributed by atoms with E-state index in [1.807, 2.05) is 0 Å². The van der Waals surface area contributed by atoms with Crippen LogP contribution in [-0.2, 0) is 0 Å². The van der Waals surface area contributed by atoms with Crippen molar-refractivity contribution >= 4 is 24.7 Å². The van der Waals surface area contributed by atoms with Crippen molar-refractivity contribution in [3.63, 3.8) is 0 Å². The van der Waals surface area contributed by atoms with Crippen molar-refractivity contribution in [3.05, 3.63) is 114 Å². The molecule has 0 unspecified atom stereocenters. The van der Waals surface area contributed by atoms with Gasteiger partial charge in [-0.25, -0.2) is 0 Å². The van der Waals surface area contributed by atoms with Crippen LogP contribution in [0, 0.1) is 0 Å². The smallest absolute Gasteiger partial charge is 0.126 e. The van der Waals surface area contributed by atoms with E-state index < -0.39 is 24.7 Å². The SMILES string of the molecule is C=CC[Si](CC=C)(CC=C)N([Si](CC=C)(CC=C)CC=C)[Si](CC=C)(CC=C)CC=C. The van der Waals surface area contributed by atoms with Crippen LogP contribution in [-0.4, -0.2) is 28.6 Å². The van der Waals surface area contributed by atoms with Gasteiger partial charge in [0.25, 0.3) is 0 Å². The summed E-state index contributed by atoms with van der Waals surface area (Å²) >= 11 is 0. The zero-order valence-electron chi connectivity index (χ0n) is 19.9. The van der Waals surface area contributed by atoms with Gasteiger partial charge >= 0.3 is 0 Å². The fourth-order valence-corrected chi connectivity index (χ4v) is 30.5. The normalized spacial score (nSPS) is 11.9.